The quantitative estimate of drug-likeness (QED) is 0.543. The van der Waals surface area contributed by atoms with Crippen LogP contribution < -0.4 is 22.1 Å². The van der Waals surface area contributed by atoms with Crippen LogP contribution >= 0.6 is 15.9 Å². The second kappa shape index (κ2) is 10.5. The molecule has 4 rings (SSSR count). The van der Waals surface area contributed by atoms with Gasteiger partial charge in [0, 0.05) is 23.1 Å². The average Bonchev–Trinajstić information content (AvgIpc) is 3.05. The highest BCUT2D eigenvalue weighted by molar-refractivity contribution is 9.10. The van der Waals surface area contributed by atoms with Crippen molar-refractivity contribution in [2.45, 2.75) is 89.2 Å². The van der Waals surface area contributed by atoms with Crippen LogP contribution in [0.15, 0.2) is 28.7 Å². The van der Waals surface area contributed by atoms with Gasteiger partial charge in [-0.05, 0) is 66.8 Å². The van der Waals surface area contributed by atoms with E-state index < -0.39 is 0 Å². The van der Waals surface area contributed by atoms with Crippen LogP contribution in [0, 0.1) is 0 Å². The summed E-state index contributed by atoms with van der Waals surface area (Å²) in [5, 5.41) is 0. The van der Waals surface area contributed by atoms with Crippen LogP contribution in [-0.2, 0) is 0 Å². The first-order valence-corrected chi connectivity index (χ1v) is 12.9. The molecule has 1 aliphatic carbocycles. The Bertz CT molecular complexity index is 711. The van der Waals surface area contributed by atoms with E-state index in [1.807, 2.05) is 12.1 Å². The predicted molar refractivity (Wildman–Crippen MR) is 131 cm³/mol. The number of likely N-dealkylation sites (N-methyl/N-ethyl adjacent to an activating group) is 1. The molecule has 6 N–H and O–H groups in total. The zero-order valence-electron chi connectivity index (χ0n) is 18.9. The third-order valence-electron chi connectivity index (χ3n) is 7.56. The Hall–Kier alpha value is -0.740. The SMILES string of the molecule is CCN1CCCC1CN1C(N)N(c2ccccc2Br)C(N)N(C2CCCCCC2)C1N. The fourth-order valence-electron chi connectivity index (χ4n) is 5.86. The second-order valence-electron chi connectivity index (χ2n) is 9.31. The summed E-state index contributed by atoms with van der Waals surface area (Å²) < 4.78 is 1.01. The minimum Gasteiger partial charge on any atom is -0.314 e. The van der Waals surface area contributed by atoms with E-state index >= 15 is 0 Å². The van der Waals surface area contributed by atoms with Gasteiger partial charge in [0.25, 0.3) is 0 Å². The molecule has 174 valence electrons. The molecule has 3 aliphatic rings. The molecule has 2 heterocycles. The van der Waals surface area contributed by atoms with Crippen LogP contribution in [0.3, 0.4) is 0 Å². The molecule has 4 unspecified atom stereocenters. The van der Waals surface area contributed by atoms with Crippen molar-refractivity contribution >= 4 is 21.6 Å². The van der Waals surface area contributed by atoms with Crippen LogP contribution in [-0.4, -0.2) is 65.3 Å². The minimum absolute atomic E-state index is 0.272. The normalized spacial score (nSPS) is 32.5. The molecule has 0 bridgehead atoms. The van der Waals surface area contributed by atoms with E-state index in [2.05, 4.69) is 54.6 Å². The number of nitrogens with two attached hydrogens (primary N) is 3. The molecule has 3 fully saturated rings. The molecule has 8 heteroatoms. The Labute approximate surface area is 196 Å². The number of anilines is 1. The molecule has 31 heavy (non-hydrogen) atoms. The molecule has 7 nitrogen and oxygen atoms in total. The van der Waals surface area contributed by atoms with Crippen LogP contribution in [0.25, 0.3) is 0 Å². The third kappa shape index (κ3) is 4.81. The number of nitrogens with zero attached hydrogens (tertiary/aromatic N) is 4. The maximum Gasteiger partial charge on any atom is 0.139 e. The molecule has 0 radical (unpaired) electrons. The fraction of sp³-hybridized carbons (Fsp3) is 0.739. The monoisotopic (exact) mass is 493 g/mol. The summed E-state index contributed by atoms with van der Waals surface area (Å²) in [5.74, 6) is 0. The van der Waals surface area contributed by atoms with Gasteiger partial charge in [0.05, 0.1) is 5.69 Å². The van der Waals surface area contributed by atoms with Gasteiger partial charge in [-0.15, -0.1) is 0 Å². The van der Waals surface area contributed by atoms with E-state index in [9.17, 15) is 0 Å². The van der Waals surface area contributed by atoms with E-state index in [1.54, 1.807) is 0 Å². The molecule has 0 aromatic heterocycles. The number of hydrogen-bond acceptors (Lipinski definition) is 7. The Balaban J connectivity index is 1.67. The topological polar surface area (TPSA) is 91.0 Å². The summed E-state index contributed by atoms with van der Waals surface area (Å²) >= 11 is 3.73. The lowest BCUT2D eigenvalue weighted by molar-refractivity contribution is -0.0917. The predicted octanol–water partition coefficient (Wildman–Crippen LogP) is 2.81. The van der Waals surface area contributed by atoms with Gasteiger partial charge in [-0.2, -0.15) is 0 Å². The molecule has 0 amide bonds. The Kier molecular flexibility index (Phi) is 7.90. The maximum absolute atomic E-state index is 6.96. The van der Waals surface area contributed by atoms with E-state index in [-0.39, 0.29) is 18.9 Å². The van der Waals surface area contributed by atoms with Crippen LogP contribution in [0.4, 0.5) is 5.69 Å². The summed E-state index contributed by atoms with van der Waals surface area (Å²) in [6.45, 7) is 5.35. The zero-order chi connectivity index (χ0) is 22.0. The highest BCUT2D eigenvalue weighted by Crippen LogP contribution is 2.35. The number of likely N-dealkylation sites (tertiary alicyclic amines) is 1. The molecule has 0 spiro atoms. The van der Waals surface area contributed by atoms with Crippen molar-refractivity contribution in [1.29, 1.82) is 0 Å². The van der Waals surface area contributed by atoms with Crippen molar-refractivity contribution in [1.82, 2.24) is 14.7 Å². The first-order chi connectivity index (χ1) is 15.0. The van der Waals surface area contributed by atoms with Crippen molar-refractivity contribution in [3.05, 3.63) is 28.7 Å². The van der Waals surface area contributed by atoms with Crippen LogP contribution in [0.5, 0.6) is 0 Å². The number of halogens is 1. The largest absolute Gasteiger partial charge is 0.314 e. The minimum atomic E-state index is -0.370. The third-order valence-corrected chi connectivity index (χ3v) is 8.23. The Morgan fingerprint density at radius 2 is 1.61 bits per heavy atom. The van der Waals surface area contributed by atoms with Gasteiger partial charge in [0.15, 0.2) is 0 Å². The molecular weight excluding hydrogens is 454 g/mol. The average molecular weight is 495 g/mol. The highest BCUT2D eigenvalue weighted by Gasteiger charge is 2.46. The van der Waals surface area contributed by atoms with Crippen LogP contribution in [0.1, 0.15) is 58.3 Å². The second-order valence-corrected chi connectivity index (χ2v) is 10.2. The summed E-state index contributed by atoms with van der Waals surface area (Å²) in [6.07, 6.45) is 8.86. The Morgan fingerprint density at radius 3 is 2.29 bits per heavy atom. The standard InChI is InChI=1S/C23H40BrN7/c1-2-28-15-9-12-18(28)16-29-21(25)30(17-10-5-3-4-6-11-17)23(27)31(22(29)26)20-14-8-7-13-19(20)24/h7-8,13-14,17-18,21-23H,2-6,9-12,15-16,25-27H2,1H3. The van der Waals surface area contributed by atoms with Gasteiger partial charge < -0.3 is 10.6 Å². The lowest BCUT2D eigenvalue weighted by Gasteiger charge is -2.57. The van der Waals surface area contributed by atoms with Crippen molar-refractivity contribution in [2.24, 2.45) is 17.2 Å². The molecule has 2 saturated heterocycles. The van der Waals surface area contributed by atoms with E-state index in [0.29, 0.717) is 12.1 Å². The van der Waals surface area contributed by atoms with Gasteiger partial charge in [0.1, 0.15) is 18.9 Å². The first kappa shape index (κ1) is 23.4. The lowest BCUT2D eigenvalue weighted by atomic mass is 10.1. The fourth-order valence-corrected chi connectivity index (χ4v) is 6.35. The zero-order valence-corrected chi connectivity index (χ0v) is 20.5. The molecule has 1 aromatic carbocycles. The molecule has 2 aliphatic heterocycles. The summed E-state index contributed by atoms with van der Waals surface area (Å²) in [6, 6.07) is 9.10. The molecule has 1 aromatic rings. The summed E-state index contributed by atoms with van der Waals surface area (Å²) in [5.41, 5.74) is 21.9. The van der Waals surface area contributed by atoms with Crippen molar-refractivity contribution in [2.75, 3.05) is 24.5 Å². The number of benzene rings is 1. The summed E-state index contributed by atoms with van der Waals surface area (Å²) in [4.78, 5) is 9.35. The van der Waals surface area contributed by atoms with Crippen LogP contribution in [0.2, 0.25) is 0 Å². The van der Waals surface area contributed by atoms with Crippen molar-refractivity contribution in [3.8, 4) is 0 Å². The molecule has 1 saturated carbocycles. The van der Waals surface area contributed by atoms with E-state index in [1.165, 1.54) is 45.1 Å². The number of hydrogen-bond donors (Lipinski definition) is 3. The van der Waals surface area contributed by atoms with E-state index in [0.717, 1.165) is 36.1 Å². The van der Waals surface area contributed by atoms with Gasteiger partial charge >= 0.3 is 0 Å². The van der Waals surface area contributed by atoms with Gasteiger partial charge in [-0.3, -0.25) is 16.4 Å². The van der Waals surface area contributed by atoms with Gasteiger partial charge in [0.2, 0.25) is 0 Å². The Morgan fingerprint density at radius 1 is 0.903 bits per heavy atom. The lowest BCUT2D eigenvalue weighted by Crippen LogP contribution is -2.80. The smallest absolute Gasteiger partial charge is 0.139 e. The van der Waals surface area contributed by atoms with Gasteiger partial charge in [-0.1, -0.05) is 44.7 Å². The van der Waals surface area contributed by atoms with Crippen molar-refractivity contribution in [3.63, 3.8) is 0 Å². The molecule has 4 atom stereocenters. The van der Waals surface area contributed by atoms with Gasteiger partial charge in [-0.25, -0.2) is 9.80 Å². The maximum atomic E-state index is 6.96. The highest BCUT2D eigenvalue weighted by atomic mass is 79.9. The molecular formula is C23H40BrN7. The summed E-state index contributed by atoms with van der Waals surface area (Å²) in [7, 11) is 0. The first-order valence-electron chi connectivity index (χ1n) is 12.1. The number of para-hydroxylation sites is 1. The van der Waals surface area contributed by atoms with Crippen molar-refractivity contribution < 1.29 is 0 Å². The van der Waals surface area contributed by atoms with E-state index in [4.69, 9.17) is 17.2 Å². The number of rotatable bonds is 5.